The summed E-state index contributed by atoms with van der Waals surface area (Å²) >= 11 is 0. The first-order valence-corrected chi connectivity index (χ1v) is 9.68. The predicted molar refractivity (Wildman–Crippen MR) is 106 cm³/mol. The smallest absolute Gasteiger partial charge is 0.410 e. The molecule has 152 valence electrons. The van der Waals surface area contributed by atoms with Gasteiger partial charge in [-0.1, -0.05) is 6.07 Å². The summed E-state index contributed by atoms with van der Waals surface area (Å²) in [4.78, 5) is 18.7. The Morgan fingerprint density at radius 2 is 2.11 bits per heavy atom. The molecule has 2 aromatic rings. The van der Waals surface area contributed by atoms with E-state index in [4.69, 9.17) is 4.74 Å². The quantitative estimate of drug-likeness (QED) is 0.727. The standard InChI is InChI=1S/C20H29N5O3/c1-20(2,3)28-19(27)25-11-8-14(9-12-25)15(13-26)16-5-4-6-17(22-16)23-18-7-10-21-24-18/h4-7,10,14-15,26H,8-9,11-13H2,1-3H3,(H2,21,22,23,24). The van der Waals surface area contributed by atoms with Crippen LogP contribution in [-0.2, 0) is 4.74 Å². The zero-order valence-electron chi connectivity index (χ0n) is 16.7. The molecule has 3 heterocycles. The highest BCUT2D eigenvalue weighted by atomic mass is 16.6. The second kappa shape index (κ2) is 8.60. The summed E-state index contributed by atoms with van der Waals surface area (Å²) in [5, 5.41) is 19.9. The van der Waals surface area contributed by atoms with E-state index in [9.17, 15) is 9.90 Å². The third-order valence-corrected chi connectivity index (χ3v) is 4.87. The zero-order valence-corrected chi connectivity index (χ0v) is 16.7. The Morgan fingerprint density at radius 1 is 1.36 bits per heavy atom. The average Bonchev–Trinajstić information content (AvgIpc) is 3.15. The van der Waals surface area contributed by atoms with Crippen LogP contribution in [0.15, 0.2) is 30.5 Å². The summed E-state index contributed by atoms with van der Waals surface area (Å²) in [5.41, 5.74) is 0.357. The van der Waals surface area contributed by atoms with Gasteiger partial charge in [-0.15, -0.1) is 0 Å². The van der Waals surface area contributed by atoms with Crippen LogP contribution in [0.5, 0.6) is 0 Å². The van der Waals surface area contributed by atoms with Crippen molar-refractivity contribution in [2.75, 3.05) is 25.0 Å². The maximum atomic E-state index is 12.3. The molecule has 0 aromatic carbocycles. The molecule has 2 aromatic heterocycles. The number of nitrogens with zero attached hydrogens (tertiary/aromatic N) is 3. The Labute approximate surface area is 165 Å². The van der Waals surface area contributed by atoms with Crippen molar-refractivity contribution < 1.29 is 14.6 Å². The zero-order chi connectivity index (χ0) is 20.1. The van der Waals surface area contributed by atoms with E-state index in [1.54, 1.807) is 11.1 Å². The van der Waals surface area contributed by atoms with E-state index < -0.39 is 5.60 Å². The molecule has 0 spiro atoms. The summed E-state index contributed by atoms with van der Waals surface area (Å²) in [7, 11) is 0. The van der Waals surface area contributed by atoms with E-state index in [-0.39, 0.29) is 24.5 Å². The molecule has 0 bridgehead atoms. The van der Waals surface area contributed by atoms with Crippen molar-refractivity contribution in [1.82, 2.24) is 20.1 Å². The van der Waals surface area contributed by atoms with E-state index in [2.05, 4.69) is 20.5 Å². The molecule has 28 heavy (non-hydrogen) atoms. The van der Waals surface area contributed by atoms with Crippen LogP contribution in [0.25, 0.3) is 0 Å². The molecule has 1 saturated heterocycles. The molecule has 1 aliphatic rings. The van der Waals surface area contributed by atoms with Crippen molar-refractivity contribution in [1.29, 1.82) is 0 Å². The Morgan fingerprint density at radius 3 is 2.71 bits per heavy atom. The van der Waals surface area contributed by atoms with Gasteiger partial charge in [0.25, 0.3) is 0 Å². The summed E-state index contributed by atoms with van der Waals surface area (Å²) < 4.78 is 5.46. The van der Waals surface area contributed by atoms with Crippen LogP contribution < -0.4 is 5.32 Å². The fraction of sp³-hybridized carbons (Fsp3) is 0.550. The lowest BCUT2D eigenvalue weighted by molar-refractivity contribution is 0.0164. The van der Waals surface area contributed by atoms with Gasteiger partial charge in [-0.25, -0.2) is 9.78 Å². The molecule has 3 rings (SSSR count). The lowest BCUT2D eigenvalue weighted by Gasteiger charge is -2.36. The highest BCUT2D eigenvalue weighted by Gasteiger charge is 2.31. The van der Waals surface area contributed by atoms with Crippen LogP contribution in [0, 0.1) is 5.92 Å². The number of hydrogen-bond acceptors (Lipinski definition) is 6. The van der Waals surface area contributed by atoms with Gasteiger partial charge in [0.2, 0.25) is 0 Å². The van der Waals surface area contributed by atoms with Gasteiger partial charge >= 0.3 is 6.09 Å². The number of piperidine rings is 1. The summed E-state index contributed by atoms with van der Waals surface area (Å²) in [6, 6.07) is 7.58. The van der Waals surface area contributed by atoms with Gasteiger partial charge in [0, 0.05) is 30.8 Å². The average molecular weight is 387 g/mol. The summed E-state index contributed by atoms with van der Waals surface area (Å²) in [6.07, 6.45) is 3.02. The maximum Gasteiger partial charge on any atom is 0.410 e. The topological polar surface area (TPSA) is 103 Å². The van der Waals surface area contributed by atoms with E-state index in [0.29, 0.717) is 18.9 Å². The minimum atomic E-state index is -0.492. The molecular formula is C20H29N5O3. The van der Waals surface area contributed by atoms with Gasteiger partial charge in [0.15, 0.2) is 0 Å². The minimum Gasteiger partial charge on any atom is -0.444 e. The number of aromatic nitrogens is 3. The fourth-order valence-corrected chi connectivity index (χ4v) is 3.49. The fourth-order valence-electron chi connectivity index (χ4n) is 3.49. The SMILES string of the molecule is CC(C)(C)OC(=O)N1CCC(C(CO)c2cccc(Nc3ccn[nH]3)n2)CC1. The Kier molecular flexibility index (Phi) is 6.18. The third-order valence-electron chi connectivity index (χ3n) is 4.87. The summed E-state index contributed by atoms with van der Waals surface area (Å²) in [5.74, 6) is 1.66. The van der Waals surface area contributed by atoms with Crippen molar-refractivity contribution in [3.8, 4) is 0 Å². The van der Waals surface area contributed by atoms with Gasteiger partial charge in [-0.2, -0.15) is 5.10 Å². The third kappa shape index (κ3) is 5.22. The number of carbonyl (C=O) groups is 1. The van der Waals surface area contributed by atoms with E-state index >= 15 is 0 Å². The van der Waals surface area contributed by atoms with Gasteiger partial charge in [0.1, 0.15) is 17.2 Å². The minimum absolute atomic E-state index is 0.0254. The molecule has 8 nitrogen and oxygen atoms in total. The molecule has 8 heteroatoms. The van der Waals surface area contributed by atoms with Gasteiger partial charge in [-0.3, -0.25) is 5.10 Å². The van der Waals surface area contributed by atoms with E-state index in [1.807, 2.05) is 45.0 Å². The largest absolute Gasteiger partial charge is 0.444 e. The normalized spacial score (nSPS) is 16.6. The lowest BCUT2D eigenvalue weighted by Crippen LogP contribution is -2.43. The van der Waals surface area contributed by atoms with Crippen LogP contribution in [-0.4, -0.2) is 56.6 Å². The first kappa shape index (κ1) is 20.1. The highest BCUT2D eigenvalue weighted by molar-refractivity contribution is 5.68. The van der Waals surface area contributed by atoms with Crippen molar-refractivity contribution in [2.45, 2.75) is 45.1 Å². The van der Waals surface area contributed by atoms with Crippen LogP contribution in [0.3, 0.4) is 0 Å². The molecule has 0 radical (unpaired) electrons. The Hall–Kier alpha value is -2.61. The number of aliphatic hydroxyl groups excluding tert-OH is 1. The predicted octanol–water partition coefficient (Wildman–Crippen LogP) is 3.27. The molecule has 1 unspecified atom stereocenters. The van der Waals surface area contributed by atoms with E-state index in [0.717, 1.165) is 24.4 Å². The molecular weight excluding hydrogens is 358 g/mol. The van der Waals surface area contributed by atoms with Gasteiger partial charge in [0.05, 0.1) is 12.8 Å². The van der Waals surface area contributed by atoms with Crippen molar-refractivity contribution in [2.24, 2.45) is 5.92 Å². The van der Waals surface area contributed by atoms with Gasteiger partial charge in [-0.05, 0) is 51.7 Å². The van der Waals surface area contributed by atoms with Gasteiger partial charge < -0.3 is 20.1 Å². The van der Waals surface area contributed by atoms with Crippen molar-refractivity contribution in [3.05, 3.63) is 36.2 Å². The molecule has 1 atom stereocenters. The first-order chi connectivity index (χ1) is 13.4. The molecule has 0 aliphatic carbocycles. The number of likely N-dealkylation sites (tertiary alicyclic amines) is 1. The number of ether oxygens (including phenoxy) is 1. The number of anilines is 2. The second-order valence-corrected chi connectivity index (χ2v) is 8.14. The Balaban J connectivity index is 1.62. The van der Waals surface area contributed by atoms with Crippen LogP contribution in [0.2, 0.25) is 0 Å². The number of rotatable bonds is 5. The number of pyridine rings is 1. The second-order valence-electron chi connectivity index (χ2n) is 8.14. The maximum absolute atomic E-state index is 12.3. The number of aliphatic hydroxyl groups is 1. The molecule has 3 N–H and O–H groups in total. The number of aromatic amines is 1. The van der Waals surface area contributed by atoms with Crippen LogP contribution in [0.4, 0.5) is 16.4 Å². The monoisotopic (exact) mass is 387 g/mol. The van der Waals surface area contributed by atoms with E-state index in [1.165, 1.54) is 0 Å². The molecule has 1 amide bonds. The van der Waals surface area contributed by atoms with Crippen LogP contribution >= 0.6 is 0 Å². The number of amides is 1. The molecule has 0 saturated carbocycles. The molecule has 1 fully saturated rings. The van der Waals surface area contributed by atoms with Crippen LogP contribution in [0.1, 0.15) is 45.2 Å². The number of hydrogen-bond donors (Lipinski definition) is 3. The lowest BCUT2D eigenvalue weighted by atomic mass is 9.82. The summed E-state index contributed by atoms with van der Waals surface area (Å²) in [6.45, 7) is 6.89. The molecule has 1 aliphatic heterocycles. The highest BCUT2D eigenvalue weighted by Crippen LogP contribution is 2.32. The number of carbonyl (C=O) groups excluding carboxylic acids is 1. The number of nitrogens with one attached hydrogen (secondary N) is 2. The van der Waals surface area contributed by atoms with Crippen molar-refractivity contribution in [3.63, 3.8) is 0 Å². The first-order valence-electron chi connectivity index (χ1n) is 9.68. The van der Waals surface area contributed by atoms with Crippen molar-refractivity contribution >= 4 is 17.7 Å². The number of H-pyrrole nitrogens is 1. The Bertz CT molecular complexity index is 764.